The molecular weight excluding hydrogens is 560 g/mol. The zero-order valence-electron chi connectivity index (χ0n) is 31.3. The lowest BCUT2D eigenvalue weighted by atomic mass is 9.93. The fraction of sp³-hybridized carbons (Fsp3) is 0.786. The lowest BCUT2D eigenvalue weighted by Gasteiger charge is -2.24. The van der Waals surface area contributed by atoms with Crippen LogP contribution < -0.4 is 11.5 Å². The highest BCUT2D eigenvalue weighted by Crippen LogP contribution is 2.20. The van der Waals surface area contributed by atoms with E-state index >= 15 is 0 Å². The molecule has 0 bridgehead atoms. The number of nitrogens with zero attached hydrogens (tertiary/aromatic N) is 2. The number of unbranched alkanes of at least 4 members (excludes halogenated alkanes) is 18. The Balaban J connectivity index is 4.04. The Labute approximate surface area is 288 Å². The van der Waals surface area contributed by atoms with Crippen LogP contribution in [-0.4, -0.2) is 37.5 Å². The van der Waals surface area contributed by atoms with Crippen LogP contribution in [0.2, 0.25) is 0 Å². The molecule has 0 amide bonds. The molecule has 0 rings (SSSR count). The second kappa shape index (κ2) is 37.6. The van der Waals surface area contributed by atoms with Crippen molar-refractivity contribution < 1.29 is 0 Å². The average Bonchev–Trinajstić information content (AvgIpc) is 3.04. The summed E-state index contributed by atoms with van der Waals surface area (Å²) in [6.45, 7) is 7.33. The normalized spacial score (nSPS) is 13.0. The van der Waals surface area contributed by atoms with Gasteiger partial charge >= 0.3 is 0 Å². The fourth-order valence-corrected chi connectivity index (χ4v) is 6.05. The smallest absolute Gasteiger partial charge is 0.185 e. The molecule has 0 heterocycles. The third-order valence-electron chi connectivity index (χ3n) is 8.97. The Hall–Kier alpha value is -1.81. The first-order valence-electron chi connectivity index (χ1n) is 19.9. The molecule has 0 aliphatic carbocycles. The van der Waals surface area contributed by atoms with Gasteiger partial charge < -0.3 is 16.4 Å². The highest BCUT2D eigenvalue weighted by molar-refractivity contribution is 5.75. The highest BCUT2D eigenvalue weighted by atomic mass is 15.1. The molecule has 1 unspecified atom stereocenters. The van der Waals surface area contributed by atoms with Crippen molar-refractivity contribution in [3.63, 3.8) is 0 Å². The van der Waals surface area contributed by atoms with Gasteiger partial charge in [0.2, 0.25) is 0 Å². The lowest BCUT2D eigenvalue weighted by Crippen LogP contribution is -2.30. The Morgan fingerprint density at radius 3 is 1.33 bits per heavy atom. The quantitative estimate of drug-likeness (QED) is 0.0313. The van der Waals surface area contributed by atoms with E-state index in [0.717, 1.165) is 31.8 Å². The van der Waals surface area contributed by atoms with Crippen molar-refractivity contribution in [2.24, 2.45) is 22.4 Å². The van der Waals surface area contributed by atoms with E-state index in [4.69, 9.17) is 11.5 Å². The van der Waals surface area contributed by atoms with Crippen LogP contribution in [0.3, 0.4) is 0 Å². The van der Waals surface area contributed by atoms with Crippen LogP contribution in [0, 0.1) is 5.92 Å². The molecule has 0 aliphatic rings. The molecule has 4 nitrogen and oxygen atoms in total. The van der Waals surface area contributed by atoms with Gasteiger partial charge in [0.1, 0.15) is 0 Å². The van der Waals surface area contributed by atoms with E-state index in [1.165, 1.54) is 154 Å². The summed E-state index contributed by atoms with van der Waals surface area (Å²) in [5.74, 6) is 0.990. The van der Waals surface area contributed by atoms with Crippen molar-refractivity contribution in [3.05, 3.63) is 48.6 Å². The maximum atomic E-state index is 5.53. The highest BCUT2D eigenvalue weighted by Gasteiger charge is 2.12. The molecule has 0 aliphatic heterocycles. The summed E-state index contributed by atoms with van der Waals surface area (Å²) in [6.07, 6.45) is 53.3. The van der Waals surface area contributed by atoms with Gasteiger partial charge in [0.05, 0.1) is 6.54 Å². The van der Waals surface area contributed by atoms with Gasteiger partial charge in [-0.1, -0.05) is 152 Å². The number of likely N-dealkylation sites (N-methyl/N-ethyl adjacent to an activating group) is 1. The minimum absolute atomic E-state index is 0.201. The van der Waals surface area contributed by atoms with Gasteiger partial charge in [-0.2, -0.15) is 0 Å². The van der Waals surface area contributed by atoms with Crippen molar-refractivity contribution >= 4 is 5.96 Å². The average molecular weight is 641 g/mol. The number of allylic oxidation sites excluding steroid dienone is 8. The molecule has 0 aromatic heterocycles. The first-order valence-corrected chi connectivity index (χ1v) is 19.9. The van der Waals surface area contributed by atoms with Crippen LogP contribution in [0.4, 0.5) is 0 Å². The maximum absolute atomic E-state index is 5.53. The number of guanidine groups is 1. The first kappa shape index (κ1) is 44.2. The van der Waals surface area contributed by atoms with E-state index in [2.05, 4.69) is 79.4 Å². The van der Waals surface area contributed by atoms with E-state index in [-0.39, 0.29) is 5.96 Å². The summed E-state index contributed by atoms with van der Waals surface area (Å²) in [4.78, 5) is 6.61. The summed E-state index contributed by atoms with van der Waals surface area (Å²) in [7, 11) is 2.23. The predicted molar refractivity (Wildman–Crippen MR) is 210 cm³/mol. The standard InChI is InChI=1S/C42H80N4/c1-4-6-8-10-12-14-16-18-20-22-24-26-28-30-32-34-36-41(40-46(3)39-38-45-42(43)44)37-35-33-31-29-27-25-23-21-19-17-15-13-11-9-7-5-2/h12,14-15,17-18,20-21,23,41H,4-11,13,16,19,22,24-40H2,1-3H3,(H4,43,44,45). The zero-order valence-corrected chi connectivity index (χ0v) is 31.3. The monoisotopic (exact) mass is 641 g/mol. The van der Waals surface area contributed by atoms with E-state index in [1.54, 1.807) is 0 Å². The second-order valence-corrected chi connectivity index (χ2v) is 13.7. The first-order chi connectivity index (χ1) is 22.6. The maximum Gasteiger partial charge on any atom is 0.185 e. The van der Waals surface area contributed by atoms with Crippen molar-refractivity contribution in [1.82, 2.24) is 4.90 Å². The summed E-state index contributed by atoms with van der Waals surface area (Å²) >= 11 is 0. The van der Waals surface area contributed by atoms with Gasteiger partial charge in [-0.25, -0.2) is 0 Å². The van der Waals surface area contributed by atoms with Gasteiger partial charge in [0, 0.05) is 13.1 Å². The number of aliphatic imine (C=N–C) groups is 1. The van der Waals surface area contributed by atoms with E-state index in [9.17, 15) is 0 Å². The third-order valence-corrected chi connectivity index (χ3v) is 8.97. The molecule has 46 heavy (non-hydrogen) atoms. The van der Waals surface area contributed by atoms with E-state index < -0.39 is 0 Å². The van der Waals surface area contributed by atoms with Crippen LogP contribution in [-0.2, 0) is 0 Å². The molecule has 1 atom stereocenters. The minimum Gasteiger partial charge on any atom is -0.370 e. The van der Waals surface area contributed by atoms with Crippen molar-refractivity contribution in [2.45, 2.75) is 181 Å². The van der Waals surface area contributed by atoms with Crippen molar-refractivity contribution in [2.75, 3.05) is 26.7 Å². The van der Waals surface area contributed by atoms with Crippen LogP contribution in [0.15, 0.2) is 53.6 Å². The third kappa shape index (κ3) is 36.7. The summed E-state index contributed by atoms with van der Waals surface area (Å²) in [5, 5.41) is 0. The molecule has 0 fully saturated rings. The molecule has 0 aromatic rings. The Morgan fingerprint density at radius 2 is 0.891 bits per heavy atom. The number of hydrogen-bond donors (Lipinski definition) is 2. The second-order valence-electron chi connectivity index (χ2n) is 13.7. The van der Waals surface area contributed by atoms with Gasteiger partial charge in [0.25, 0.3) is 0 Å². The minimum atomic E-state index is 0.201. The lowest BCUT2D eigenvalue weighted by molar-refractivity contribution is 0.255. The van der Waals surface area contributed by atoms with Crippen LogP contribution in [0.1, 0.15) is 181 Å². The Bertz CT molecular complexity index is 747. The van der Waals surface area contributed by atoms with Crippen molar-refractivity contribution in [3.8, 4) is 0 Å². The molecule has 0 aromatic carbocycles. The summed E-state index contributed by atoms with van der Waals surface area (Å²) < 4.78 is 0. The van der Waals surface area contributed by atoms with Crippen LogP contribution >= 0.6 is 0 Å². The SMILES string of the molecule is CCCCCC=CCC=CCCCCCCCCC(CCCCCCCC=CCC=CCCCCCC)CN(C)CCN=C(N)N. The van der Waals surface area contributed by atoms with Crippen LogP contribution in [0.5, 0.6) is 0 Å². The van der Waals surface area contributed by atoms with Gasteiger partial charge in [-0.05, 0) is 90.0 Å². The number of hydrogen-bond acceptors (Lipinski definition) is 2. The molecule has 4 N–H and O–H groups in total. The van der Waals surface area contributed by atoms with Crippen molar-refractivity contribution in [1.29, 1.82) is 0 Å². The molecular formula is C42H80N4. The summed E-state index contributed by atoms with van der Waals surface area (Å²) in [6, 6.07) is 0. The largest absolute Gasteiger partial charge is 0.370 e. The fourth-order valence-electron chi connectivity index (χ4n) is 6.05. The molecule has 268 valence electrons. The zero-order chi connectivity index (χ0) is 33.6. The molecule has 0 saturated carbocycles. The number of rotatable bonds is 35. The summed E-state index contributed by atoms with van der Waals surface area (Å²) in [5.41, 5.74) is 11.1. The predicted octanol–water partition coefficient (Wildman–Crippen LogP) is 12.2. The van der Waals surface area contributed by atoms with Crippen LogP contribution in [0.25, 0.3) is 0 Å². The molecule has 0 spiro atoms. The number of nitrogens with two attached hydrogens (primary N) is 2. The topological polar surface area (TPSA) is 67.6 Å². The Kier molecular flexibility index (Phi) is 36.2. The Morgan fingerprint density at radius 1 is 0.522 bits per heavy atom. The molecule has 0 saturated heterocycles. The van der Waals surface area contributed by atoms with Gasteiger partial charge in [-0.15, -0.1) is 0 Å². The van der Waals surface area contributed by atoms with Gasteiger partial charge in [0.15, 0.2) is 5.96 Å². The van der Waals surface area contributed by atoms with E-state index in [1.807, 2.05) is 0 Å². The van der Waals surface area contributed by atoms with Gasteiger partial charge in [-0.3, -0.25) is 4.99 Å². The molecule has 0 radical (unpaired) electrons. The molecule has 4 heteroatoms. The van der Waals surface area contributed by atoms with E-state index in [0.29, 0.717) is 6.54 Å².